The van der Waals surface area contributed by atoms with Gasteiger partial charge in [0.15, 0.2) is 0 Å². The van der Waals surface area contributed by atoms with E-state index in [4.69, 9.17) is 9.47 Å². The minimum absolute atomic E-state index is 0.243. The molecule has 1 amide bonds. The van der Waals surface area contributed by atoms with Gasteiger partial charge in [-0.25, -0.2) is 9.97 Å². The second-order valence-electron chi connectivity index (χ2n) is 6.43. The smallest absolute Gasteiger partial charge is 0.270 e. The number of nitrogens with one attached hydrogen (secondary N) is 2. The average Bonchev–Trinajstić information content (AvgIpc) is 2.73. The first-order valence-corrected chi connectivity index (χ1v) is 9.25. The van der Waals surface area contributed by atoms with E-state index in [0.717, 1.165) is 22.7 Å². The number of benzene rings is 2. The van der Waals surface area contributed by atoms with Crippen molar-refractivity contribution in [1.82, 2.24) is 15.3 Å². The summed E-state index contributed by atoms with van der Waals surface area (Å²) in [5.74, 6) is 1.63. The minimum Gasteiger partial charge on any atom is -0.497 e. The number of carbonyl (C=O) groups excluding carboxylic acids is 1. The molecule has 0 saturated heterocycles. The summed E-state index contributed by atoms with van der Waals surface area (Å²) in [5.41, 5.74) is 2.88. The van der Waals surface area contributed by atoms with E-state index in [1.54, 1.807) is 20.3 Å². The molecular formula is C22H24N4O3. The highest BCUT2D eigenvalue weighted by atomic mass is 16.5. The predicted octanol–water partition coefficient (Wildman–Crippen LogP) is 3.52. The summed E-state index contributed by atoms with van der Waals surface area (Å²) in [5, 5.41) is 6.02. The lowest BCUT2D eigenvalue weighted by molar-refractivity contribution is 0.0949. The summed E-state index contributed by atoms with van der Waals surface area (Å²) in [6.45, 7) is 2.32. The Hall–Kier alpha value is -3.61. The van der Waals surface area contributed by atoms with Gasteiger partial charge < -0.3 is 20.1 Å². The molecule has 0 spiro atoms. The third-order valence-corrected chi connectivity index (χ3v) is 4.25. The fraction of sp³-hybridized carbons (Fsp3) is 0.227. The van der Waals surface area contributed by atoms with E-state index in [9.17, 15) is 4.79 Å². The number of aryl methyl sites for hydroxylation is 1. The van der Waals surface area contributed by atoms with Gasteiger partial charge in [0.05, 0.1) is 14.2 Å². The van der Waals surface area contributed by atoms with Crippen molar-refractivity contribution in [3.63, 3.8) is 0 Å². The van der Waals surface area contributed by atoms with Crippen LogP contribution in [0, 0.1) is 6.92 Å². The van der Waals surface area contributed by atoms with Gasteiger partial charge in [-0.1, -0.05) is 18.2 Å². The average molecular weight is 392 g/mol. The van der Waals surface area contributed by atoms with Gasteiger partial charge in [0, 0.05) is 24.0 Å². The van der Waals surface area contributed by atoms with Crippen molar-refractivity contribution < 1.29 is 14.3 Å². The van der Waals surface area contributed by atoms with Crippen molar-refractivity contribution in [3.8, 4) is 11.5 Å². The fourth-order valence-electron chi connectivity index (χ4n) is 2.81. The number of carbonyl (C=O) groups is 1. The molecule has 2 N–H and O–H groups in total. The van der Waals surface area contributed by atoms with Gasteiger partial charge in [-0.15, -0.1) is 0 Å². The zero-order valence-electron chi connectivity index (χ0n) is 16.7. The molecule has 2 aromatic carbocycles. The molecule has 1 heterocycles. The molecule has 150 valence electrons. The third kappa shape index (κ3) is 5.68. The maximum atomic E-state index is 12.5. The number of methoxy groups -OCH3 is 2. The van der Waals surface area contributed by atoms with Crippen LogP contribution in [-0.4, -0.2) is 36.6 Å². The van der Waals surface area contributed by atoms with Gasteiger partial charge in [0.25, 0.3) is 5.91 Å². The van der Waals surface area contributed by atoms with Crippen LogP contribution in [-0.2, 0) is 6.42 Å². The monoisotopic (exact) mass is 392 g/mol. The predicted molar refractivity (Wildman–Crippen MR) is 112 cm³/mol. The number of amides is 1. The molecule has 3 rings (SSSR count). The molecule has 29 heavy (non-hydrogen) atoms. The highest BCUT2D eigenvalue weighted by Crippen LogP contribution is 2.20. The second-order valence-corrected chi connectivity index (χ2v) is 6.43. The highest BCUT2D eigenvalue weighted by Gasteiger charge is 2.11. The number of aromatic nitrogens is 2. The lowest BCUT2D eigenvalue weighted by atomic mass is 10.1. The summed E-state index contributed by atoms with van der Waals surface area (Å²) in [4.78, 5) is 21.2. The third-order valence-electron chi connectivity index (χ3n) is 4.25. The highest BCUT2D eigenvalue weighted by molar-refractivity contribution is 5.92. The first kappa shape index (κ1) is 20.1. The Morgan fingerprint density at radius 1 is 0.966 bits per heavy atom. The quantitative estimate of drug-likeness (QED) is 0.610. The summed E-state index contributed by atoms with van der Waals surface area (Å²) in [6.07, 6.45) is 0.696. The van der Waals surface area contributed by atoms with Crippen molar-refractivity contribution in [1.29, 1.82) is 0 Å². The maximum absolute atomic E-state index is 12.5. The van der Waals surface area contributed by atoms with Crippen molar-refractivity contribution >= 4 is 17.5 Å². The fourth-order valence-corrected chi connectivity index (χ4v) is 2.81. The molecule has 0 fully saturated rings. The standard InChI is InChI=1S/C22H24N4O3/c1-15-12-20(21(27)23-11-10-16-6-4-8-18(13-16)28-2)26-22(24-15)25-17-7-5-9-19(14-17)29-3/h4-9,12-14H,10-11H2,1-3H3,(H,23,27)(H,24,25,26). The van der Waals surface area contributed by atoms with Crippen LogP contribution < -0.4 is 20.1 Å². The van der Waals surface area contributed by atoms with Crippen LogP contribution in [0.15, 0.2) is 54.6 Å². The summed E-state index contributed by atoms with van der Waals surface area (Å²) >= 11 is 0. The van der Waals surface area contributed by atoms with E-state index < -0.39 is 0 Å². The Bertz CT molecular complexity index is 991. The van der Waals surface area contributed by atoms with Crippen LogP contribution in [0.1, 0.15) is 21.7 Å². The molecule has 7 nitrogen and oxygen atoms in total. The largest absolute Gasteiger partial charge is 0.497 e. The lowest BCUT2D eigenvalue weighted by Gasteiger charge is -2.10. The second kappa shape index (κ2) is 9.54. The zero-order valence-corrected chi connectivity index (χ0v) is 16.7. The van der Waals surface area contributed by atoms with Crippen LogP contribution in [0.3, 0.4) is 0 Å². The van der Waals surface area contributed by atoms with Gasteiger partial charge in [-0.05, 0) is 49.2 Å². The van der Waals surface area contributed by atoms with Crippen LogP contribution in [0.25, 0.3) is 0 Å². The molecule has 0 aliphatic carbocycles. The van der Waals surface area contributed by atoms with E-state index in [1.165, 1.54) is 0 Å². The molecule has 0 radical (unpaired) electrons. The van der Waals surface area contributed by atoms with Crippen molar-refractivity contribution in [2.24, 2.45) is 0 Å². The van der Waals surface area contributed by atoms with E-state index in [-0.39, 0.29) is 5.91 Å². The topological polar surface area (TPSA) is 85.4 Å². The molecule has 0 saturated carbocycles. The van der Waals surface area contributed by atoms with Crippen LogP contribution >= 0.6 is 0 Å². The van der Waals surface area contributed by atoms with Gasteiger partial charge in [0.2, 0.25) is 5.95 Å². The minimum atomic E-state index is -0.243. The van der Waals surface area contributed by atoms with Crippen LogP contribution in [0.2, 0.25) is 0 Å². The lowest BCUT2D eigenvalue weighted by Crippen LogP contribution is -2.27. The zero-order chi connectivity index (χ0) is 20.6. The van der Waals surface area contributed by atoms with Crippen molar-refractivity contribution in [2.75, 3.05) is 26.1 Å². The molecule has 0 aliphatic heterocycles. The van der Waals surface area contributed by atoms with Gasteiger partial charge in [-0.2, -0.15) is 0 Å². The number of anilines is 2. The number of nitrogens with zero attached hydrogens (tertiary/aromatic N) is 2. The molecule has 1 aromatic heterocycles. The van der Waals surface area contributed by atoms with Gasteiger partial charge >= 0.3 is 0 Å². The van der Waals surface area contributed by atoms with Gasteiger partial charge in [-0.3, -0.25) is 4.79 Å². The Morgan fingerprint density at radius 2 is 1.69 bits per heavy atom. The molecule has 0 aliphatic rings. The number of rotatable bonds is 8. The molecule has 0 bridgehead atoms. The number of ether oxygens (including phenoxy) is 2. The normalized spacial score (nSPS) is 10.3. The van der Waals surface area contributed by atoms with E-state index in [0.29, 0.717) is 30.3 Å². The van der Waals surface area contributed by atoms with E-state index in [1.807, 2.05) is 55.5 Å². The first-order chi connectivity index (χ1) is 14.1. The Morgan fingerprint density at radius 3 is 2.45 bits per heavy atom. The van der Waals surface area contributed by atoms with Crippen LogP contribution in [0.5, 0.6) is 11.5 Å². The summed E-state index contributed by atoms with van der Waals surface area (Å²) in [6, 6.07) is 16.9. The number of hydrogen-bond acceptors (Lipinski definition) is 6. The van der Waals surface area contributed by atoms with E-state index in [2.05, 4.69) is 20.6 Å². The molecular weight excluding hydrogens is 368 g/mol. The Kier molecular flexibility index (Phi) is 6.63. The molecule has 0 unspecified atom stereocenters. The Labute approximate surface area is 170 Å². The van der Waals surface area contributed by atoms with Crippen molar-refractivity contribution in [3.05, 3.63) is 71.5 Å². The van der Waals surface area contributed by atoms with Crippen molar-refractivity contribution in [2.45, 2.75) is 13.3 Å². The number of hydrogen-bond donors (Lipinski definition) is 2. The van der Waals surface area contributed by atoms with Crippen LogP contribution in [0.4, 0.5) is 11.6 Å². The van der Waals surface area contributed by atoms with E-state index >= 15 is 0 Å². The molecule has 3 aromatic rings. The van der Waals surface area contributed by atoms with Gasteiger partial charge in [0.1, 0.15) is 17.2 Å². The molecule has 0 atom stereocenters. The summed E-state index contributed by atoms with van der Waals surface area (Å²) < 4.78 is 10.4. The SMILES string of the molecule is COc1cccc(CCNC(=O)c2cc(C)nc(Nc3cccc(OC)c3)n2)c1. The Balaban J connectivity index is 1.64. The molecule has 7 heteroatoms. The first-order valence-electron chi connectivity index (χ1n) is 9.25. The summed E-state index contributed by atoms with van der Waals surface area (Å²) in [7, 11) is 3.24. The maximum Gasteiger partial charge on any atom is 0.270 e.